The number of hydrogen-bond donors (Lipinski definition) is 4. The highest BCUT2D eigenvalue weighted by Crippen LogP contribution is 2.49. The van der Waals surface area contributed by atoms with Gasteiger partial charge in [-0.3, -0.25) is 0 Å². The van der Waals surface area contributed by atoms with Crippen LogP contribution in [0.2, 0.25) is 0 Å². The highest BCUT2D eigenvalue weighted by molar-refractivity contribution is 6.11. The molecule has 7 aromatic carbocycles. The van der Waals surface area contributed by atoms with E-state index in [0.717, 1.165) is 43.8 Å². The Balaban J connectivity index is 1.53. The molecule has 0 aliphatic heterocycles. The van der Waals surface area contributed by atoms with Crippen LogP contribution in [0.4, 0.5) is 11.4 Å². The molecule has 0 aliphatic rings. The van der Waals surface area contributed by atoms with E-state index >= 15 is 0 Å². The van der Waals surface area contributed by atoms with E-state index in [1.165, 1.54) is 12.1 Å². The zero-order chi connectivity index (χ0) is 31.6. The summed E-state index contributed by atoms with van der Waals surface area (Å²) >= 11 is 0. The summed E-state index contributed by atoms with van der Waals surface area (Å²) in [6.45, 7) is 0. The van der Waals surface area contributed by atoms with Crippen molar-refractivity contribution >= 4 is 32.9 Å². The third-order valence-corrected chi connectivity index (χ3v) is 7.72. The smallest absolute Gasteiger partial charge is 0.142 e. The fourth-order valence-electron chi connectivity index (χ4n) is 5.47. The Morgan fingerprint density at radius 1 is 0.478 bits per heavy atom. The lowest BCUT2D eigenvalue weighted by Gasteiger charge is -2.20. The summed E-state index contributed by atoms with van der Waals surface area (Å²) in [7, 11) is 0. The van der Waals surface area contributed by atoms with Gasteiger partial charge in [-0.2, -0.15) is 0 Å². The number of anilines is 2. The van der Waals surface area contributed by atoms with Crippen LogP contribution in [-0.4, -0.2) is 10.2 Å². The number of nitrogen functional groups attached to an aromatic ring is 2. The number of benzene rings is 7. The van der Waals surface area contributed by atoms with Crippen LogP contribution in [-0.2, 0) is 0 Å². The lowest BCUT2D eigenvalue weighted by Crippen LogP contribution is -1.97. The molecule has 0 aromatic heterocycles. The molecule has 0 saturated heterocycles. The van der Waals surface area contributed by atoms with Crippen LogP contribution >= 0.6 is 0 Å². The SMILES string of the molecule is Nc1ccc(Oc2ccc3ccccc3c2-c2c(Oc3ccc(N)c(O)c3)cc(C#Cc3ccccc3)c3ccccc23)cc1O. The molecule has 6 heteroatoms. The van der Waals surface area contributed by atoms with Gasteiger partial charge in [0.05, 0.1) is 11.4 Å². The Kier molecular flexibility index (Phi) is 7.26. The number of nitrogens with two attached hydrogens (primary N) is 2. The molecule has 0 spiro atoms. The number of phenolic OH excluding ortho intramolecular Hbond substituents is 2. The van der Waals surface area contributed by atoms with E-state index in [9.17, 15) is 10.2 Å². The molecule has 7 aromatic rings. The first-order valence-electron chi connectivity index (χ1n) is 14.6. The van der Waals surface area contributed by atoms with Crippen molar-refractivity contribution in [3.63, 3.8) is 0 Å². The topological polar surface area (TPSA) is 111 Å². The molecule has 0 saturated carbocycles. The van der Waals surface area contributed by atoms with Crippen molar-refractivity contribution in [1.82, 2.24) is 0 Å². The highest BCUT2D eigenvalue weighted by atomic mass is 16.5. The normalized spacial score (nSPS) is 10.8. The van der Waals surface area contributed by atoms with Gasteiger partial charge in [-0.15, -0.1) is 0 Å². The highest BCUT2D eigenvalue weighted by Gasteiger charge is 2.22. The van der Waals surface area contributed by atoms with Gasteiger partial charge in [-0.1, -0.05) is 84.6 Å². The fraction of sp³-hybridized carbons (Fsp3) is 0. The summed E-state index contributed by atoms with van der Waals surface area (Å²) < 4.78 is 13.1. The Bertz CT molecular complexity index is 2320. The molecule has 0 radical (unpaired) electrons. The molecule has 222 valence electrons. The van der Waals surface area contributed by atoms with Crippen LogP contribution in [0, 0.1) is 11.8 Å². The molecule has 6 N–H and O–H groups in total. The van der Waals surface area contributed by atoms with Gasteiger partial charge in [0.1, 0.15) is 34.5 Å². The third-order valence-electron chi connectivity index (χ3n) is 7.72. The Hall–Kier alpha value is -6.58. The second-order valence-corrected chi connectivity index (χ2v) is 10.8. The number of fused-ring (bicyclic) bond motifs is 2. The molecule has 7 rings (SSSR count). The van der Waals surface area contributed by atoms with Crippen LogP contribution in [0.3, 0.4) is 0 Å². The molecular formula is C40H28N2O4. The zero-order valence-electron chi connectivity index (χ0n) is 24.6. The predicted octanol–water partition coefficient (Wildman–Crippen LogP) is 9.22. The van der Waals surface area contributed by atoms with Gasteiger partial charge >= 0.3 is 0 Å². The van der Waals surface area contributed by atoms with E-state index < -0.39 is 0 Å². The molecule has 0 aliphatic carbocycles. The minimum Gasteiger partial charge on any atom is -0.506 e. The first kappa shape index (κ1) is 28.2. The molecule has 0 bridgehead atoms. The van der Waals surface area contributed by atoms with E-state index in [4.69, 9.17) is 20.9 Å². The summed E-state index contributed by atoms with van der Waals surface area (Å²) in [6, 6.07) is 41.3. The monoisotopic (exact) mass is 600 g/mol. The van der Waals surface area contributed by atoms with Crippen molar-refractivity contribution in [2.75, 3.05) is 11.5 Å². The average molecular weight is 601 g/mol. The Morgan fingerprint density at radius 2 is 1.04 bits per heavy atom. The fourth-order valence-corrected chi connectivity index (χ4v) is 5.47. The van der Waals surface area contributed by atoms with Gasteiger partial charge in [0.2, 0.25) is 0 Å². The van der Waals surface area contributed by atoms with Gasteiger partial charge in [0, 0.05) is 34.4 Å². The third kappa shape index (κ3) is 5.45. The van der Waals surface area contributed by atoms with Gasteiger partial charge in [-0.05, 0) is 70.1 Å². The second-order valence-electron chi connectivity index (χ2n) is 10.8. The van der Waals surface area contributed by atoms with Crippen LogP contribution < -0.4 is 20.9 Å². The summed E-state index contributed by atoms with van der Waals surface area (Å²) in [5, 5.41) is 24.5. The molecule has 0 unspecified atom stereocenters. The van der Waals surface area contributed by atoms with Crippen LogP contribution in [0.5, 0.6) is 34.5 Å². The van der Waals surface area contributed by atoms with Crippen molar-refractivity contribution in [2.45, 2.75) is 0 Å². The van der Waals surface area contributed by atoms with E-state index in [1.807, 2.05) is 97.1 Å². The molecule has 6 nitrogen and oxygen atoms in total. The molecule has 0 atom stereocenters. The van der Waals surface area contributed by atoms with E-state index in [2.05, 4.69) is 11.8 Å². The van der Waals surface area contributed by atoms with Gasteiger partial charge < -0.3 is 31.2 Å². The van der Waals surface area contributed by atoms with Gasteiger partial charge in [-0.25, -0.2) is 0 Å². The number of phenols is 2. The first-order chi connectivity index (χ1) is 22.4. The van der Waals surface area contributed by atoms with Crippen molar-refractivity contribution < 1.29 is 19.7 Å². The standard InChI is InChI=1S/C40H28N2O4/c41-33-19-17-28(23-35(33)43)45-37-21-16-26-10-4-5-12-31(26)39(37)40-32-13-7-6-11-30(32)27(15-14-25-8-2-1-3-9-25)22-38(40)46-29-18-20-34(42)36(44)24-29/h1-13,16-24,43-44H,41-42H2. The quantitative estimate of drug-likeness (QED) is 0.0890. The summed E-state index contributed by atoms with van der Waals surface area (Å²) in [4.78, 5) is 0. The molecule has 0 amide bonds. The summed E-state index contributed by atoms with van der Waals surface area (Å²) in [5.41, 5.74) is 15.5. The van der Waals surface area contributed by atoms with Crippen LogP contribution in [0.15, 0.2) is 133 Å². The number of hydrogen-bond acceptors (Lipinski definition) is 6. The van der Waals surface area contributed by atoms with Gasteiger partial charge in [0.25, 0.3) is 0 Å². The number of aromatic hydroxyl groups is 2. The first-order valence-corrected chi connectivity index (χ1v) is 14.6. The lowest BCUT2D eigenvalue weighted by atomic mass is 9.90. The van der Waals surface area contributed by atoms with Crippen molar-refractivity contribution in [3.8, 4) is 57.5 Å². The maximum Gasteiger partial charge on any atom is 0.142 e. The number of rotatable bonds is 5. The van der Waals surface area contributed by atoms with Crippen LogP contribution in [0.25, 0.3) is 32.7 Å². The predicted molar refractivity (Wildman–Crippen MR) is 184 cm³/mol. The summed E-state index contributed by atoms with van der Waals surface area (Å²) in [5.74, 6) is 8.36. The molecule has 46 heavy (non-hydrogen) atoms. The zero-order valence-corrected chi connectivity index (χ0v) is 24.6. The second kappa shape index (κ2) is 11.8. The maximum absolute atomic E-state index is 10.4. The lowest BCUT2D eigenvalue weighted by molar-refractivity contribution is 0.454. The van der Waals surface area contributed by atoms with Crippen molar-refractivity contribution in [3.05, 3.63) is 145 Å². The van der Waals surface area contributed by atoms with E-state index in [0.29, 0.717) is 23.0 Å². The maximum atomic E-state index is 10.4. The van der Waals surface area contributed by atoms with Crippen LogP contribution in [0.1, 0.15) is 11.1 Å². The minimum absolute atomic E-state index is 0.0705. The minimum atomic E-state index is -0.0822. The summed E-state index contributed by atoms with van der Waals surface area (Å²) in [6.07, 6.45) is 0. The molecule has 0 fully saturated rings. The molecular weight excluding hydrogens is 572 g/mol. The Morgan fingerprint density at radius 3 is 1.72 bits per heavy atom. The van der Waals surface area contributed by atoms with E-state index in [-0.39, 0.29) is 22.9 Å². The average Bonchev–Trinajstić information content (AvgIpc) is 3.08. The Labute approximate surface area is 265 Å². The van der Waals surface area contributed by atoms with Crippen molar-refractivity contribution in [2.24, 2.45) is 0 Å². The largest absolute Gasteiger partial charge is 0.506 e. The van der Waals surface area contributed by atoms with Crippen molar-refractivity contribution in [1.29, 1.82) is 0 Å². The number of ether oxygens (including phenoxy) is 2. The molecule has 0 heterocycles. The van der Waals surface area contributed by atoms with E-state index in [1.54, 1.807) is 24.3 Å². The van der Waals surface area contributed by atoms with Gasteiger partial charge in [0.15, 0.2) is 0 Å².